The molecule has 1 heterocycles. The van der Waals surface area contributed by atoms with Gasteiger partial charge in [0.2, 0.25) is 15.9 Å². The first-order chi connectivity index (χ1) is 15.2. The van der Waals surface area contributed by atoms with Crippen LogP contribution in [0, 0.1) is 0 Å². The Morgan fingerprint density at radius 2 is 1.66 bits per heavy atom. The van der Waals surface area contributed by atoms with E-state index in [1.807, 2.05) is 0 Å². The van der Waals surface area contributed by atoms with Gasteiger partial charge in [0.15, 0.2) is 0 Å². The zero-order valence-electron chi connectivity index (χ0n) is 18.0. The Balaban J connectivity index is 1.41. The van der Waals surface area contributed by atoms with Crippen LogP contribution in [0.2, 0.25) is 0 Å². The lowest BCUT2D eigenvalue weighted by molar-refractivity contribution is -0.137. The van der Waals surface area contributed by atoms with E-state index in [9.17, 15) is 26.4 Å². The van der Waals surface area contributed by atoms with Crippen LogP contribution < -0.4 is 5.32 Å². The van der Waals surface area contributed by atoms with Crippen LogP contribution in [-0.4, -0.2) is 61.3 Å². The van der Waals surface area contributed by atoms with Crippen molar-refractivity contribution >= 4 is 15.9 Å². The average Bonchev–Trinajstić information content (AvgIpc) is 3.44. The molecule has 178 valence electrons. The third-order valence-electron chi connectivity index (χ3n) is 6.72. The predicted molar refractivity (Wildman–Crippen MR) is 113 cm³/mol. The molecule has 0 atom stereocenters. The van der Waals surface area contributed by atoms with Gasteiger partial charge in [0, 0.05) is 31.2 Å². The Bertz CT molecular complexity index is 920. The lowest BCUT2D eigenvalue weighted by atomic mass is 10.0. The first-order valence-corrected chi connectivity index (χ1v) is 12.8. The molecule has 1 aliphatic heterocycles. The van der Waals surface area contributed by atoms with Gasteiger partial charge in [-0.15, -0.1) is 0 Å². The highest BCUT2D eigenvalue weighted by Crippen LogP contribution is 2.38. The minimum atomic E-state index is -4.60. The SMILES string of the molecule is O=C(CNC1CCCC1)N1CCC(N(C2CC2)S(=O)(=O)c2cccc(C(F)(F)F)c2)CC1. The lowest BCUT2D eigenvalue weighted by Crippen LogP contribution is -2.51. The average molecular weight is 474 g/mol. The van der Waals surface area contributed by atoms with Crippen LogP contribution in [0.25, 0.3) is 0 Å². The number of carbonyl (C=O) groups is 1. The number of nitrogens with one attached hydrogen (secondary N) is 1. The molecule has 10 heteroatoms. The molecule has 3 aliphatic rings. The summed E-state index contributed by atoms with van der Waals surface area (Å²) in [4.78, 5) is 14.0. The van der Waals surface area contributed by atoms with Crippen LogP contribution >= 0.6 is 0 Å². The van der Waals surface area contributed by atoms with Crippen LogP contribution in [-0.2, 0) is 21.0 Å². The maximum Gasteiger partial charge on any atom is 0.416 e. The van der Waals surface area contributed by atoms with Gasteiger partial charge >= 0.3 is 6.18 Å². The number of rotatable bonds is 7. The third-order valence-corrected chi connectivity index (χ3v) is 8.72. The first kappa shape index (κ1) is 23.5. The number of piperidine rings is 1. The van der Waals surface area contributed by atoms with Gasteiger partial charge in [-0.3, -0.25) is 4.79 Å². The van der Waals surface area contributed by atoms with E-state index in [4.69, 9.17) is 0 Å². The monoisotopic (exact) mass is 473 g/mol. The molecule has 1 amide bonds. The van der Waals surface area contributed by atoms with E-state index in [0.29, 0.717) is 51.4 Å². The lowest BCUT2D eigenvalue weighted by Gasteiger charge is -2.38. The number of carbonyl (C=O) groups excluding carboxylic acids is 1. The predicted octanol–water partition coefficient (Wildman–Crippen LogP) is 3.38. The van der Waals surface area contributed by atoms with Gasteiger partial charge in [-0.2, -0.15) is 17.5 Å². The Hall–Kier alpha value is -1.65. The highest BCUT2D eigenvalue weighted by molar-refractivity contribution is 7.89. The normalized spacial score (nSPS) is 21.4. The van der Waals surface area contributed by atoms with Gasteiger partial charge < -0.3 is 10.2 Å². The Kier molecular flexibility index (Phi) is 6.84. The van der Waals surface area contributed by atoms with Crippen molar-refractivity contribution in [3.63, 3.8) is 0 Å². The molecule has 1 aromatic carbocycles. The summed E-state index contributed by atoms with van der Waals surface area (Å²) >= 11 is 0. The van der Waals surface area contributed by atoms with E-state index < -0.39 is 21.8 Å². The fourth-order valence-electron chi connectivity index (χ4n) is 4.82. The summed E-state index contributed by atoms with van der Waals surface area (Å²) in [6, 6.07) is 3.88. The molecular formula is C22H30F3N3O3S. The maximum absolute atomic E-state index is 13.3. The van der Waals surface area contributed by atoms with Gasteiger partial charge in [0.25, 0.3) is 0 Å². The topological polar surface area (TPSA) is 69.7 Å². The van der Waals surface area contributed by atoms with Crippen molar-refractivity contribution in [1.82, 2.24) is 14.5 Å². The number of benzene rings is 1. The number of likely N-dealkylation sites (tertiary alicyclic amines) is 1. The largest absolute Gasteiger partial charge is 0.416 e. The van der Waals surface area contributed by atoms with E-state index in [0.717, 1.165) is 31.0 Å². The molecule has 0 aromatic heterocycles. The highest BCUT2D eigenvalue weighted by Gasteiger charge is 2.44. The van der Waals surface area contributed by atoms with Crippen molar-refractivity contribution < 1.29 is 26.4 Å². The zero-order chi connectivity index (χ0) is 22.9. The second-order valence-electron chi connectivity index (χ2n) is 9.07. The smallest absolute Gasteiger partial charge is 0.341 e. The van der Waals surface area contributed by atoms with Crippen LogP contribution in [0.5, 0.6) is 0 Å². The van der Waals surface area contributed by atoms with Gasteiger partial charge in [-0.05, 0) is 56.7 Å². The molecule has 3 fully saturated rings. The number of halogens is 3. The molecular weight excluding hydrogens is 443 g/mol. The summed E-state index contributed by atoms with van der Waals surface area (Å²) in [5.41, 5.74) is -0.968. The van der Waals surface area contributed by atoms with E-state index >= 15 is 0 Å². The number of alkyl halides is 3. The molecule has 0 unspecified atom stereocenters. The second kappa shape index (κ2) is 9.30. The standard InChI is InChI=1S/C22H30F3N3O3S/c23-22(24,25)16-4-3-7-20(14-16)32(30,31)28(18-8-9-18)19-10-12-27(13-11-19)21(29)15-26-17-5-1-2-6-17/h3-4,7,14,17-19,26H,1-2,5-6,8-13,15H2. The highest BCUT2D eigenvalue weighted by atomic mass is 32.2. The van der Waals surface area contributed by atoms with Crippen LogP contribution in [0.1, 0.15) is 56.9 Å². The van der Waals surface area contributed by atoms with Gasteiger partial charge in [0.1, 0.15) is 0 Å². The molecule has 1 saturated heterocycles. The molecule has 32 heavy (non-hydrogen) atoms. The van der Waals surface area contributed by atoms with E-state index in [1.165, 1.54) is 23.2 Å². The number of sulfonamides is 1. The third kappa shape index (κ3) is 5.28. The van der Waals surface area contributed by atoms with Gasteiger partial charge in [0.05, 0.1) is 17.0 Å². The fraction of sp³-hybridized carbons (Fsp3) is 0.682. The van der Waals surface area contributed by atoms with Crippen LogP contribution in [0.3, 0.4) is 0 Å². The van der Waals surface area contributed by atoms with Crippen molar-refractivity contribution in [2.24, 2.45) is 0 Å². The van der Waals surface area contributed by atoms with Crippen LogP contribution in [0.4, 0.5) is 13.2 Å². The molecule has 4 rings (SSSR count). The van der Waals surface area contributed by atoms with E-state index in [2.05, 4.69) is 5.32 Å². The maximum atomic E-state index is 13.3. The summed E-state index contributed by atoms with van der Waals surface area (Å²) in [6.07, 6.45) is 2.37. The summed E-state index contributed by atoms with van der Waals surface area (Å²) in [6.45, 7) is 1.21. The molecule has 0 spiro atoms. The molecule has 1 N–H and O–H groups in total. The number of hydrogen-bond acceptors (Lipinski definition) is 4. The van der Waals surface area contributed by atoms with Gasteiger partial charge in [-0.1, -0.05) is 18.9 Å². The molecule has 1 aromatic rings. The number of hydrogen-bond donors (Lipinski definition) is 1. The second-order valence-corrected chi connectivity index (χ2v) is 10.9. The minimum absolute atomic E-state index is 0.0223. The van der Waals surface area contributed by atoms with Crippen molar-refractivity contribution in [3.05, 3.63) is 29.8 Å². The quantitative estimate of drug-likeness (QED) is 0.659. The Morgan fingerprint density at radius 3 is 2.25 bits per heavy atom. The molecule has 6 nitrogen and oxygen atoms in total. The van der Waals surface area contributed by atoms with Crippen molar-refractivity contribution in [2.75, 3.05) is 19.6 Å². The fourth-order valence-corrected chi connectivity index (χ4v) is 6.79. The molecule has 2 aliphatic carbocycles. The molecule has 0 radical (unpaired) electrons. The summed E-state index contributed by atoms with van der Waals surface area (Å²) < 4.78 is 67.4. The zero-order valence-corrected chi connectivity index (χ0v) is 18.8. The number of amides is 1. The van der Waals surface area contributed by atoms with E-state index in [-0.39, 0.29) is 22.9 Å². The molecule has 0 bridgehead atoms. The molecule has 2 saturated carbocycles. The number of nitrogens with zero attached hydrogens (tertiary/aromatic N) is 2. The summed E-state index contributed by atoms with van der Waals surface area (Å²) in [7, 11) is -4.06. The first-order valence-electron chi connectivity index (χ1n) is 11.4. The van der Waals surface area contributed by atoms with Crippen molar-refractivity contribution in [3.8, 4) is 0 Å². The Labute approximate surface area is 187 Å². The van der Waals surface area contributed by atoms with Crippen molar-refractivity contribution in [2.45, 2.75) is 80.6 Å². The van der Waals surface area contributed by atoms with E-state index in [1.54, 1.807) is 4.90 Å². The Morgan fingerprint density at radius 1 is 1.03 bits per heavy atom. The minimum Gasteiger partial charge on any atom is -0.341 e. The van der Waals surface area contributed by atoms with Crippen LogP contribution in [0.15, 0.2) is 29.2 Å². The van der Waals surface area contributed by atoms with Gasteiger partial charge in [-0.25, -0.2) is 8.42 Å². The summed E-state index contributed by atoms with van der Waals surface area (Å²) in [5.74, 6) is 0.0223. The van der Waals surface area contributed by atoms with Crippen molar-refractivity contribution in [1.29, 1.82) is 0 Å². The summed E-state index contributed by atoms with van der Waals surface area (Å²) in [5, 5.41) is 3.31.